The molecule has 4 nitrogen and oxygen atoms in total. The van der Waals surface area contributed by atoms with Gasteiger partial charge >= 0.3 is 5.97 Å². The molecule has 0 saturated carbocycles. The van der Waals surface area contributed by atoms with Crippen molar-refractivity contribution in [3.8, 4) is 0 Å². The van der Waals surface area contributed by atoms with Gasteiger partial charge in [-0.2, -0.15) is 11.8 Å². The van der Waals surface area contributed by atoms with Gasteiger partial charge < -0.3 is 10.0 Å². The predicted molar refractivity (Wildman–Crippen MR) is 73.7 cm³/mol. The van der Waals surface area contributed by atoms with Crippen LogP contribution in [0.4, 0.5) is 0 Å². The van der Waals surface area contributed by atoms with Crippen molar-refractivity contribution in [1.29, 1.82) is 0 Å². The van der Waals surface area contributed by atoms with Crippen LogP contribution in [-0.4, -0.2) is 46.5 Å². The molecule has 1 N–H and O–H groups in total. The van der Waals surface area contributed by atoms with Crippen LogP contribution in [0.2, 0.25) is 0 Å². The van der Waals surface area contributed by atoms with Gasteiger partial charge in [-0.05, 0) is 25.0 Å². The number of aliphatic carboxylic acids is 1. The van der Waals surface area contributed by atoms with Crippen molar-refractivity contribution in [1.82, 2.24) is 4.90 Å². The van der Waals surface area contributed by atoms with E-state index in [4.69, 9.17) is 0 Å². The predicted octanol–water partition coefficient (Wildman–Crippen LogP) is 2.09. The molecule has 0 spiro atoms. The summed E-state index contributed by atoms with van der Waals surface area (Å²) in [6.07, 6.45) is 1.09. The van der Waals surface area contributed by atoms with Gasteiger partial charge in [-0.15, -0.1) is 0 Å². The second kappa shape index (κ2) is 5.95. The zero-order chi connectivity index (χ0) is 13.9. The van der Waals surface area contributed by atoms with Crippen molar-refractivity contribution in [2.45, 2.75) is 39.7 Å². The van der Waals surface area contributed by atoms with Crippen molar-refractivity contribution in [3.05, 3.63) is 0 Å². The summed E-state index contributed by atoms with van der Waals surface area (Å²) in [5.41, 5.74) is -0.975. The van der Waals surface area contributed by atoms with E-state index in [0.29, 0.717) is 0 Å². The lowest BCUT2D eigenvalue weighted by Crippen LogP contribution is -2.43. The molecule has 0 bridgehead atoms. The third kappa shape index (κ3) is 3.19. The van der Waals surface area contributed by atoms with Crippen LogP contribution in [0.5, 0.6) is 0 Å². The first kappa shape index (κ1) is 15.3. The Kier molecular flexibility index (Phi) is 5.08. The van der Waals surface area contributed by atoms with Gasteiger partial charge in [0.05, 0.1) is 5.41 Å². The third-order valence-electron chi connectivity index (χ3n) is 4.13. The van der Waals surface area contributed by atoms with Gasteiger partial charge in [0.1, 0.15) is 0 Å². The molecule has 5 heteroatoms. The van der Waals surface area contributed by atoms with Crippen molar-refractivity contribution < 1.29 is 14.7 Å². The van der Waals surface area contributed by atoms with Gasteiger partial charge in [0.25, 0.3) is 0 Å². The second-order valence-corrected chi connectivity index (χ2v) is 6.73. The average Bonchev–Trinajstić information content (AvgIpc) is 2.80. The Hall–Kier alpha value is -0.710. The number of hydrogen-bond acceptors (Lipinski definition) is 3. The van der Waals surface area contributed by atoms with Crippen LogP contribution in [-0.2, 0) is 9.59 Å². The van der Waals surface area contributed by atoms with Gasteiger partial charge in [0, 0.05) is 25.3 Å². The number of carbonyl (C=O) groups is 2. The van der Waals surface area contributed by atoms with Crippen LogP contribution in [0.3, 0.4) is 0 Å². The Morgan fingerprint density at radius 2 is 2.11 bits per heavy atom. The molecule has 1 heterocycles. The summed E-state index contributed by atoms with van der Waals surface area (Å²) >= 11 is 1.85. The highest BCUT2D eigenvalue weighted by atomic mass is 32.2. The number of thioether (sulfide) groups is 1. The SMILES string of the molecule is CC(C)C(C)(CC(=O)N(C)C1CCSC1)C(=O)O. The summed E-state index contributed by atoms with van der Waals surface area (Å²) in [5, 5.41) is 9.32. The normalized spacial score (nSPS) is 22.8. The van der Waals surface area contributed by atoms with Crippen molar-refractivity contribution in [2.75, 3.05) is 18.6 Å². The fraction of sp³-hybridized carbons (Fsp3) is 0.846. The number of carboxylic acid groups (broad SMARTS) is 1. The molecule has 1 aliphatic rings. The summed E-state index contributed by atoms with van der Waals surface area (Å²) in [7, 11) is 1.79. The molecule has 2 unspecified atom stereocenters. The molecule has 1 aliphatic heterocycles. The van der Waals surface area contributed by atoms with E-state index in [1.54, 1.807) is 18.9 Å². The summed E-state index contributed by atoms with van der Waals surface area (Å²) < 4.78 is 0. The molecule has 2 atom stereocenters. The molecule has 104 valence electrons. The Balaban J connectivity index is 2.69. The quantitative estimate of drug-likeness (QED) is 0.833. The highest BCUT2D eigenvalue weighted by Crippen LogP contribution is 2.33. The lowest BCUT2D eigenvalue weighted by atomic mass is 9.76. The van der Waals surface area contributed by atoms with Gasteiger partial charge in [0.15, 0.2) is 0 Å². The van der Waals surface area contributed by atoms with Crippen molar-refractivity contribution in [2.24, 2.45) is 11.3 Å². The lowest BCUT2D eigenvalue weighted by Gasteiger charge is -2.32. The van der Waals surface area contributed by atoms with E-state index in [9.17, 15) is 14.7 Å². The number of carbonyl (C=O) groups excluding carboxylic acids is 1. The summed E-state index contributed by atoms with van der Waals surface area (Å²) in [4.78, 5) is 25.3. The molecular weight excluding hydrogens is 250 g/mol. The molecular formula is C13H23NO3S. The number of carboxylic acids is 1. The largest absolute Gasteiger partial charge is 0.481 e. The summed E-state index contributed by atoms with van der Waals surface area (Å²) in [5.74, 6) is 1.04. The Labute approximate surface area is 113 Å². The zero-order valence-electron chi connectivity index (χ0n) is 11.6. The minimum Gasteiger partial charge on any atom is -0.481 e. The van der Waals surface area contributed by atoms with Crippen molar-refractivity contribution in [3.63, 3.8) is 0 Å². The standard InChI is InChI=1S/C13H23NO3S/c1-9(2)13(3,12(16)17)7-11(15)14(4)10-5-6-18-8-10/h9-10H,5-8H2,1-4H3,(H,16,17). The lowest BCUT2D eigenvalue weighted by molar-refractivity contribution is -0.155. The van der Waals surface area contributed by atoms with E-state index in [0.717, 1.165) is 17.9 Å². The number of hydrogen-bond donors (Lipinski definition) is 1. The highest BCUT2D eigenvalue weighted by molar-refractivity contribution is 7.99. The number of amides is 1. The van der Waals surface area contributed by atoms with E-state index in [1.807, 2.05) is 25.6 Å². The van der Waals surface area contributed by atoms with Crippen LogP contribution in [0.25, 0.3) is 0 Å². The fourth-order valence-electron chi connectivity index (χ4n) is 2.00. The highest BCUT2D eigenvalue weighted by Gasteiger charge is 2.40. The molecule has 0 aromatic carbocycles. The van der Waals surface area contributed by atoms with Crippen molar-refractivity contribution >= 4 is 23.6 Å². The zero-order valence-corrected chi connectivity index (χ0v) is 12.4. The Morgan fingerprint density at radius 1 is 1.50 bits per heavy atom. The number of nitrogens with zero attached hydrogens (tertiary/aromatic N) is 1. The number of rotatable bonds is 5. The minimum atomic E-state index is -0.975. The maximum absolute atomic E-state index is 12.2. The molecule has 1 saturated heterocycles. The maximum atomic E-state index is 12.2. The smallest absolute Gasteiger partial charge is 0.310 e. The monoisotopic (exact) mass is 273 g/mol. The van der Waals surface area contributed by atoms with Crippen LogP contribution in [0.1, 0.15) is 33.6 Å². The third-order valence-corrected chi connectivity index (χ3v) is 5.27. The van der Waals surface area contributed by atoms with E-state index in [1.165, 1.54) is 0 Å². The first-order chi connectivity index (χ1) is 8.29. The average molecular weight is 273 g/mol. The first-order valence-corrected chi connectivity index (χ1v) is 7.51. The Morgan fingerprint density at radius 3 is 2.50 bits per heavy atom. The summed E-state index contributed by atoms with van der Waals surface area (Å²) in [6, 6.07) is 0.271. The topological polar surface area (TPSA) is 57.6 Å². The molecule has 0 radical (unpaired) electrons. The minimum absolute atomic E-state index is 0.0545. The molecule has 1 fully saturated rings. The van der Waals surface area contributed by atoms with Gasteiger partial charge in [-0.1, -0.05) is 13.8 Å². The molecule has 0 aromatic rings. The molecule has 18 heavy (non-hydrogen) atoms. The van der Waals surface area contributed by atoms with Gasteiger partial charge in [-0.3, -0.25) is 9.59 Å². The maximum Gasteiger partial charge on any atom is 0.310 e. The molecule has 1 rings (SSSR count). The van der Waals surface area contributed by atoms with E-state index < -0.39 is 11.4 Å². The molecule has 1 amide bonds. The van der Waals surface area contributed by atoms with Crippen LogP contribution in [0.15, 0.2) is 0 Å². The molecule has 0 aromatic heterocycles. The Bertz CT molecular complexity index is 326. The molecule has 0 aliphatic carbocycles. The first-order valence-electron chi connectivity index (χ1n) is 6.36. The van der Waals surface area contributed by atoms with E-state index in [-0.39, 0.29) is 24.3 Å². The van der Waals surface area contributed by atoms with Gasteiger partial charge in [0.2, 0.25) is 5.91 Å². The fourth-order valence-corrected chi connectivity index (χ4v) is 3.26. The van der Waals surface area contributed by atoms with Crippen LogP contribution >= 0.6 is 11.8 Å². The van der Waals surface area contributed by atoms with Gasteiger partial charge in [-0.25, -0.2) is 0 Å². The summed E-state index contributed by atoms with van der Waals surface area (Å²) in [6.45, 7) is 5.37. The van der Waals surface area contributed by atoms with E-state index >= 15 is 0 Å². The second-order valence-electron chi connectivity index (χ2n) is 5.58. The van der Waals surface area contributed by atoms with Crippen LogP contribution < -0.4 is 0 Å². The van der Waals surface area contributed by atoms with Crippen LogP contribution in [0, 0.1) is 11.3 Å². The van der Waals surface area contributed by atoms with E-state index in [2.05, 4.69) is 0 Å².